The fourth-order valence-electron chi connectivity index (χ4n) is 3.01. The van der Waals surface area contributed by atoms with Crippen LogP contribution in [0.1, 0.15) is 11.1 Å². The number of carbonyl (C=O) groups is 1. The van der Waals surface area contributed by atoms with Gasteiger partial charge in [-0.1, -0.05) is 24.3 Å². The van der Waals surface area contributed by atoms with Crippen LogP contribution in [0.15, 0.2) is 42.5 Å². The standard InChI is InChI=1S/C21H27N3O3/c1-16-7-8-17(2)20(15-16)27-12-9-22-21(25)23-18-5-3-4-6-19(18)24-10-13-26-14-11-24/h3-8,15H,9-14H2,1-2H3,(H2,22,23,25). The number of hydrogen-bond acceptors (Lipinski definition) is 4. The summed E-state index contributed by atoms with van der Waals surface area (Å²) >= 11 is 0. The molecule has 144 valence electrons. The molecule has 0 bridgehead atoms. The highest BCUT2D eigenvalue weighted by molar-refractivity contribution is 5.93. The summed E-state index contributed by atoms with van der Waals surface area (Å²) in [6.45, 7) is 7.95. The highest BCUT2D eigenvalue weighted by atomic mass is 16.5. The molecule has 2 aromatic carbocycles. The molecule has 0 spiro atoms. The van der Waals surface area contributed by atoms with Gasteiger partial charge in [-0.15, -0.1) is 0 Å². The Morgan fingerprint density at radius 3 is 2.74 bits per heavy atom. The molecule has 3 rings (SSSR count). The number of amides is 2. The lowest BCUT2D eigenvalue weighted by atomic mass is 10.1. The van der Waals surface area contributed by atoms with E-state index in [4.69, 9.17) is 9.47 Å². The molecule has 6 nitrogen and oxygen atoms in total. The maximum absolute atomic E-state index is 12.3. The van der Waals surface area contributed by atoms with Crippen molar-refractivity contribution in [1.29, 1.82) is 0 Å². The smallest absolute Gasteiger partial charge is 0.319 e. The van der Waals surface area contributed by atoms with Crippen LogP contribution in [0.5, 0.6) is 5.75 Å². The Kier molecular flexibility index (Phi) is 6.54. The van der Waals surface area contributed by atoms with Crippen molar-refractivity contribution in [3.8, 4) is 5.75 Å². The highest BCUT2D eigenvalue weighted by Crippen LogP contribution is 2.26. The SMILES string of the molecule is Cc1ccc(C)c(OCCNC(=O)Nc2ccccc2N2CCOCC2)c1. The summed E-state index contributed by atoms with van der Waals surface area (Å²) in [6.07, 6.45) is 0. The van der Waals surface area contributed by atoms with E-state index in [0.717, 1.165) is 41.3 Å². The number of rotatable bonds is 6. The lowest BCUT2D eigenvalue weighted by Crippen LogP contribution is -2.37. The van der Waals surface area contributed by atoms with Crippen LogP contribution in [-0.2, 0) is 4.74 Å². The van der Waals surface area contributed by atoms with Gasteiger partial charge in [0.2, 0.25) is 0 Å². The molecule has 2 N–H and O–H groups in total. The van der Waals surface area contributed by atoms with Gasteiger partial charge < -0.3 is 25.0 Å². The second-order valence-electron chi connectivity index (χ2n) is 6.61. The Hall–Kier alpha value is -2.73. The minimum absolute atomic E-state index is 0.236. The van der Waals surface area contributed by atoms with Gasteiger partial charge in [0.25, 0.3) is 0 Å². The molecular weight excluding hydrogens is 342 g/mol. The minimum atomic E-state index is -0.236. The number of hydrogen-bond donors (Lipinski definition) is 2. The normalized spacial score (nSPS) is 13.9. The van der Waals surface area contributed by atoms with Crippen LogP contribution in [0.4, 0.5) is 16.2 Å². The van der Waals surface area contributed by atoms with Gasteiger partial charge in [-0.3, -0.25) is 0 Å². The largest absolute Gasteiger partial charge is 0.491 e. The number of benzene rings is 2. The molecule has 0 unspecified atom stereocenters. The van der Waals surface area contributed by atoms with Gasteiger partial charge >= 0.3 is 6.03 Å². The summed E-state index contributed by atoms with van der Waals surface area (Å²) in [6, 6.07) is 13.7. The van der Waals surface area contributed by atoms with Crippen LogP contribution in [0.2, 0.25) is 0 Å². The fourth-order valence-corrected chi connectivity index (χ4v) is 3.01. The Bertz CT molecular complexity index is 773. The molecule has 1 heterocycles. The quantitative estimate of drug-likeness (QED) is 0.767. The van der Waals surface area contributed by atoms with Crippen molar-refractivity contribution in [2.24, 2.45) is 0 Å². The third kappa shape index (κ3) is 5.37. The summed E-state index contributed by atoms with van der Waals surface area (Å²) in [5.41, 5.74) is 4.06. The number of para-hydroxylation sites is 2. The highest BCUT2D eigenvalue weighted by Gasteiger charge is 2.15. The molecule has 1 saturated heterocycles. The maximum atomic E-state index is 12.3. The first-order valence-corrected chi connectivity index (χ1v) is 9.30. The Balaban J connectivity index is 1.49. The lowest BCUT2D eigenvalue weighted by Gasteiger charge is -2.30. The van der Waals surface area contributed by atoms with Crippen molar-refractivity contribution in [2.45, 2.75) is 13.8 Å². The number of nitrogens with zero attached hydrogens (tertiary/aromatic N) is 1. The second-order valence-corrected chi connectivity index (χ2v) is 6.61. The number of ether oxygens (including phenoxy) is 2. The van der Waals surface area contributed by atoms with E-state index in [2.05, 4.69) is 21.6 Å². The average molecular weight is 369 g/mol. The van der Waals surface area contributed by atoms with E-state index >= 15 is 0 Å². The number of aryl methyl sites for hydroxylation is 2. The predicted octanol–water partition coefficient (Wildman–Crippen LogP) is 3.34. The van der Waals surface area contributed by atoms with E-state index < -0.39 is 0 Å². The number of carbonyl (C=O) groups excluding carboxylic acids is 1. The van der Waals surface area contributed by atoms with Crippen LogP contribution in [0.25, 0.3) is 0 Å². The van der Waals surface area contributed by atoms with Gasteiger partial charge in [-0.05, 0) is 43.2 Å². The first-order chi connectivity index (χ1) is 13.1. The van der Waals surface area contributed by atoms with E-state index in [-0.39, 0.29) is 6.03 Å². The molecule has 0 atom stereocenters. The van der Waals surface area contributed by atoms with Gasteiger partial charge in [0.05, 0.1) is 31.1 Å². The molecule has 2 amide bonds. The van der Waals surface area contributed by atoms with E-state index in [0.29, 0.717) is 26.4 Å². The van der Waals surface area contributed by atoms with Gasteiger partial charge in [0, 0.05) is 13.1 Å². The molecule has 0 saturated carbocycles. The van der Waals surface area contributed by atoms with Crippen LogP contribution >= 0.6 is 0 Å². The van der Waals surface area contributed by atoms with Gasteiger partial charge in [-0.25, -0.2) is 4.79 Å². The number of anilines is 2. The molecule has 1 aliphatic heterocycles. The summed E-state index contributed by atoms with van der Waals surface area (Å²) in [5.74, 6) is 0.856. The molecule has 2 aromatic rings. The fraction of sp³-hybridized carbons (Fsp3) is 0.381. The van der Waals surface area contributed by atoms with Crippen molar-refractivity contribution < 1.29 is 14.3 Å². The van der Waals surface area contributed by atoms with Crippen molar-refractivity contribution in [2.75, 3.05) is 49.7 Å². The van der Waals surface area contributed by atoms with E-state index in [1.54, 1.807) is 0 Å². The first-order valence-electron chi connectivity index (χ1n) is 9.30. The molecule has 27 heavy (non-hydrogen) atoms. The predicted molar refractivity (Wildman–Crippen MR) is 108 cm³/mol. The number of urea groups is 1. The number of nitrogens with one attached hydrogen (secondary N) is 2. The molecule has 0 radical (unpaired) electrons. The average Bonchev–Trinajstić information content (AvgIpc) is 2.69. The third-order valence-electron chi connectivity index (χ3n) is 4.49. The van der Waals surface area contributed by atoms with Crippen molar-refractivity contribution in [3.05, 3.63) is 53.6 Å². The summed E-state index contributed by atoms with van der Waals surface area (Å²) < 4.78 is 11.2. The van der Waals surface area contributed by atoms with Crippen LogP contribution < -0.4 is 20.3 Å². The van der Waals surface area contributed by atoms with Crippen LogP contribution in [0.3, 0.4) is 0 Å². The minimum Gasteiger partial charge on any atom is -0.491 e. The number of morpholine rings is 1. The third-order valence-corrected chi connectivity index (χ3v) is 4.49. The Morgan fingerprint density at radius 2 is 1.93 bits per heavy atom. The molecule has 6 heteroatoms. The summed E-state index contributed by atoms with van der Waals surface area (Å²) in [5, 5.41) is 5.79. The molecule has 1 fully saturated rings. The zero-order chi connectivity index (χ0) is 19.1. The Morgan fingerprint density at radius 1 is 1.15 bits per heavy atom. The molecule has 0 aromatic heterocycles. The van der Waals surface area contributed by atoms with E-state index in [9.17, 15) is 4.79 Å². The molecule has 1 aliphatic rings. The van der Waals surface area contributed by atoms with Crippen LogP contribution in [-0.4, -0.2) is 45.5 Å². The molecular formula is C21H27N3O3. The zero-order valence-electron chi connectivity index (χ0n) is 16.0. The molecule has 0 aliphatic carbocycles. The second kappa shape index (κ2) is 9.28. The van der Waals surface area contributed by atoms with Crippen molar-refractivity contribution >= 4 is 17.4 Å². The van der Waals surface area contributed by atoms with Gasteiger partial charge in [0.1, 0.15) is 12.4 Å². The monoisotopic (exact) mass is 369 g/mol. The van der Waals surface area contributed by atoms with Crippen molar-refractivity contribution in [3.63, 3.8) is 0 Å². The summed E-state index contributed by atoms with van der Waals surface area (Å²) in [4.78, 5) is 14.5. The maximum Gasteiger partial charge on any atom is 0.319 e. The van der Waals surface area contributed by atoms with Gasteiger partial charge in [0.15, 0.2) is 0 Å². The van der Waals surface area contributed by atoms with Gasteiger partial charge in [-0.2, -0.15) is 0 Å². The summed E-state index contributed by atoms with van der Waals surface area (Å²) in [7, 11) is 0. The van der Waals surface area contributed by atoms with E-state index in [1.807, 2.05) is 50.2 Å². The zero-order valence-corrected chi connectivity index (χ0v) is 16.0. The lowest BCUT2D eigenvalue weighted by molar-refractivity contribution is 0.123. The topological polar surface area (TPSA) is 62.8 Å². The van der Waals surface area contributed by atoms with Crippen LogP contribution in [0, 0.1) is 13.8 Å². The Labute approximate surface area is 160 Å². The van der Waals surface area contributed by atoms with Crippen molar-refractivity contribution in [1.82, 2.24) is 5.32 Å². The first kappa shape index (κ1) is 19.0. The van der Waals surface area contributed by atoms with E-state index in [1.165, 1.54) is 0 Å².